The molecule has 0 N–H and O–H groups in total. The molecule has 6 nitrogen and oxygen atoms in total. The van der Waals surface area contributed by atoms with Crippen LogP contribution in [0.4, 0.5) is 5.69 Å². The predicted octanol–water partition coefficient (Wildman–Crippen LogP) is 4.43. The second kappa shape index (κ2) is 6.95. The zero-order chi connectivity index (χ0) is 21.1. The second-order valence-electron chi connectivity index (χ2n) is 8.45. The predicted molar refractivity (Wildman–Crippen MR) is 122 cm³/mol. The molecule has 0 radical (unpaired) electrons. The average molecular weight is 432 g/mol. The van der Waals surface area contributed by atoms with Crippen LogP contribution < -0.4 is 4.90 Å². The van der Waals surface area contributed by atoms with E-state index >= 15 is 0 Å². The molecule has 1 amide bonds. The molecule has 31 heavy (non-hydrogen) atoms. The molecule has 1 aromatic carbocycles. The summed E-state index contributed by atoms with van der Waals surface area (Å²) in [4.78, 5) is 26.2. The van der Waals surface area contributed by atoms with Gasteiger partial charge < -0.3 is 9.47 Å². The van der Waals surface area contributed by atoms with Crippen molar-refractivity contribution in [2.45, 2.75) is 37.9 Å². The number of anilines is 1. The van der Waals surface area contributed by atoms with Crippen LogP contribution in [0.2, 0.25) is 5.15 Å². The first-order valence-electron chi connectivity index (χ1n) is 10.7. The van der Waals surface area contributed by atoms with E-state index in [2.05, 4.69) is 34.1 Å². The van der Waals surface area contributed by atoms with E-state index in [-0.39, 0.29) is 11.9 Å². The van der Waals surface area contributed by atoms with Crippen molar-refractivity contribution in [2.24, 2.45) is 4.99 Å². The molecule has 3 aliphatic rings. The van der Waals surface area contributed by atoms with Crippen LogP contribution in [-0.4, -0.2) is 45.4 Å². The molecule has 2 aliphatic heterocycles. The number of halogens is 1. The monoisotopic (exact) mass is 431 g/mol. The molecule has 1 fully saturated rings. The molecule has 4 heterocycles. The van der Waals surface area contributed by atoms with E-state index in [9.17, 15) is 4.79 Å². The highest BCUT2D eigenvalue weighted by atomic mass is 35.5. The maximum atomic E-state index is 13.0. The van der Waals surface area contributed by atoms with Crippen LogP contribution in [0.15, 0.2) is 59.9 Å². The van der Waals surface area contributed by atoms with E-state index in [1.165, 1.54) is 0 Å². The average Bonchev–Trinajstić information content (AvgIpc) is 3.47. The molecule has 3 aromatic rings. The van der Waals surface area contributed by atoms with Crippen LogP contribution in [0.5, 0.6) is 0 Å². The number of pyridine rings is 1. The number of amides is 1. The number of guanidine groups is 1. The van der Waals surface area contributed by atoms with Gasteiger partial charge in [0.25, 0.3) is 5.91 Å². The number of nitrogens with zero attached hydrogens (tertiary/aromatic N) is 5. The Hall–Kier alpha value is -3.12. The first kappa shape index (κ1) is 18.6. The van der Waals surface area contributed by atoms with Gasteiger partial charge in [0.2, 0.25) is 5.96 Å². The third kappa shape index (κ3) is 2.82. The van der Waals surface area contributed by atoms with Crippen LogP contribution in [0, 0.1) is 0 Å². The summed E-state index contributed by atoms with van der Waals surface area (Å²) >= 11 is 6.87. The molecule has 1 saturated carbocycles. The van der Waals surface area contributed by atoms with Crippen molar-refractivity contribution in [3.05, 3.63) is 71.1 Å². The lowest BCUT2D eigenvalue weighted by Crippen LogP contribution is -2.50. The van der Waals surface area contributed by atoms with Gasteiger partial charge in [0, 0.05) is 31.5 Å². The van der Waals surface area contributed by atoms with Crippen molar-refractivity contribution in [3.8, 4) is 11.3 Å². The van der Waals surface area contributed by atoms with Crippen molar-refractivity contribution >= 4 is 29.2 Å². The molecule has 1 aliphatic carbocycles. The summed E-state index contributed by atoms with van der Waals surface area (Å²) in [5.41, 5.74) is 4.62. The number of aromatic nitrogens is 2. The Bertz CT molecular complexity index is 1200. The third-order valence-electron chi connectivity index (χ3n) is 6.60. The maximum Gasteiger partial charge on any atom is 0.264 e. The van der Waals surface area contributed by atoms with Crippen molar-refractivity contribution < 1.29 is 4.79 Å². The van der Waals surface area contributed by atoms with Gasteiger partial charge in [-0.1, -0.05) is 41.9 Å². The molecule has 156 valence electrons. The van der Waals surface area contributed by atoms with Gasteiger partial charge in [-0.15, -0.1) is 0 Å². The Kier molecular flexibility index (Phi) is 4.18. The molecule has 0 bridgehead atoms. The summed E-state index contributed by atoms with van der Waals surface area (Å²) in [5, 5.41) is 0.602. The Labute approximate surface area is 185 Å². The first-order chi connectivity index (χ1) is 15.1. The lowest BCUT2D eigenvalue weighted by Gasteiger charge is -2.35. The van der Waals surface area contributed by atoms with E-state index in [4.69, 9.17) is 16.6 Å². The summed E-state index contributed by atoms with van der Waals surface area (Å²) in [6.45, 7) is 0.597. The normalized spacial score (nSPS) is 21.7. The Morgan fingerprint density at radius 1 is 1.13 bits per heavy atom. The van der Waals surface area contributed by atoms with Gasteiger partial charge in [-0.25, -0.2) is 4.99 Å². The van der Waals surface area contributed by atoms with Gasteiger partial charge in [-0.2, -0.15) is 0 Å². The highest BCUT2D eigenvalue weighted by molar-refractivity contribution is 6.36. The zero-order valence-corrected chi connectivity index (χ0v) is 18.0. The summed E-state index contributed by atoms with van der Waals surface area (Å²) < 4.78 is 1.97. The molecule has 7 heteroatoms. The fraction of sp³-hybridized carbons (Fsp3) is 0.292. The molecule has 6 rings (SSSR count). The van der Waals surface area contributed by atoms with Crippen molar-refractivity contribution in [2.75, 3.05) is 11.9 Å². The first-order valence-corrected chi connectivity index (χ1v) is 11.0. The molecule has 0 saturated heterocycles. The smallest absolute Gasteiger partial charge is 0.264 e. The van der Waals surface area contributed by atoms with E-state index in [1.54, 1.807) is 18.1 Å². The number of fused-ring (bicyclic) bond motifs is 5. The van der Waals surface area contributed by atoms with Gasteiger partial charge in [-0.3, -0.25) is 14.7 Å². The number of carbonyl (C=O) groups is 1. The van der Waals surface area contributed by atoms with Crippen molar-refractivity contribution in [1.82, 2.24) is 14.5 Å². The summed E-state index contributed by atoms with van der Waals surface area (Å²) in [6, 6.07) is 14.8. The molecular formula is C24H22ClN5O. The lowest BCUT2D eigenvalue weighted by atomic mass is 10.1. The number of hydrogen-bond donors (Lipinski definition) is 0. The summed E-state index contributed by atoms with van der Waals surface area (Å²) in [5.74, 6) is 0.697. The number of hydrogen-bond acceptors (Lipinski definition) is 4. The van der Waals surface area contributed by atoms with Gasteiger partial charge in [-0.05, 0) is 37.0 Å². The standard InChI is InChI=1S/C24H22ClN5O/c1-28-23(31)17-14-29(13-15-8-10-16(11-9-15)18-5-2-3-12-26-18)22(25)21(17)30-20-7-4-6-19(20)27-24(28)30/h2-3,5,8-12,14,19-20H,4,6-7,13H2,1H3/t19-,20+/m1/s1. The third-order valence-corrected chi connectivity index (χ3v) is 7.00. The molecular weight excluding hydrogens is 410 g/mol. The van der Waals surface area contributed by atoms with Crippen LogP contribution in [0.1, 0.15) is 35.2 Å². The number of aliphatic imine (C=N–C) groups is 1. The van der Waals surface area contributed by atoms with E-state index in [0.717, 1.165) is 47.7 Å². The van der Waals surface area contributed by atoms with Crippen LogP contribution in [0.25, 0.3) is 11.3 Å². The zero-order valence-electron chi connectivity index (χ0n) is 17.2. The minimum absolute atomic E-state index is 0.0453. The fourth-order valence-corrected chi connectivity index (χ4v) is 5.35. The van der Waals surface area contributed by atoms with Crippen LogP contribution in [-0.2, 0) is 6.54 Å². The SMILES string of the molecule is CN1C(=O)c2cn(Cc3ccc(-c4ccccn4)cc3)c(Cl)c2N2C1=N[C@@H]1CCC[C@@H]12. The number of benzene rings is 1. The summed E-state index contributed by atoms with van der Waals surface area (Å²) in [6.07, 6.45) is 7.00. The molecule has 0 spiro atoms. The minimum atomic E-state index is -0.0453. The van der Waals surface area contributed by atoms with E-state index in [0.29, 0.717) is 23.3 Å². The Morgan fingerprint density at radius 3 is 2.74 bits per heavy atom. The van der Waals surface area contributed by atoms with Crippen molar-refractivity contribution in [1.29, 1.82) is 0 Å². The summed E-state index contributed by atoms with van der Waals surface area (Å²) in [7, 11) is 1.81. The highest BCUT2D eigenvalue weighted by Crippen LogP contribution is 2.44. The number of carbonyl (C=O) groups excluding carboxylic acids is 1. The largest absolute Gasteiger partial charge is 0.332 e. The molecule has 0 unspecified atom stereocenters. The van der Waals surface area contributed by atoms with Gasteiger partial charge >= 0.3 is 0 Å². The second-order valence-corrected chi connectivity index (χ2v) is 8.81. The van der Waals surface area contributed by atoms with Gasteiger partial charge in [0.05, 0.1) is 29.0 Å². The Balaban J connectivity index is 1.34. The van der Waals surface area contributed by atoms with E-state index in [1.807, 2.05) is 29.0 Å². The maximum absolute atomic E-state index is 13.0. The van der Waals surface area contributed by atoms with Crippen molar-refractivity contribution in [3.63, 3.8) is 0 Å². The fourth-order valence-electron chi connectivity index (χ4n) is 5.05. The number of rotatable bonds is 3. The van der Waals surface area contributed by atoms with E-state index < -0.39 is 0 Å². The van der Waals surface area contributed by atoms with Crippen LogP contribution >= 0.6 is 11.6 Å². The highest BCUT2D eigenvalue weighted by Gasteiger charge is 2.48. The van der Waals surface area contributed by atoms with Gasteiger partial charge in [0.15, 0.2) is 0 Å². The lowest BCUT2D eigenvalue weighted by molar-refractivity contribution is 0.0865. The quantitative estimate of drug-likeness (QED) is 0.616. The Morgan fingerprint density at radius 2 is 1.97 bits per heavy atom. The van der Waals surface area contributed by atoms with Gasteiger partial charge in [0.1, 0.15) is 5.15 Å². The minimum Gasteiger partial charge on any atom is -0.332 e. The van der Waals surface area contributed by atoms with Crippen LogP contribution in [0.3, 0.4) is 0 Å². The molecule has 2 aromatic heterocycles. The topological polar surface area (TPSA) is 53.7 Å². The molecule has 2 atom stereocenters.